The summed E-state index contributed by atoms with van der Waals surface area (Å²) in [5.41, 5.74) is 7.63. The lowest BCUT2D eigenvalue weighted by molar-refractivity contribution is -0.0963. The third-order valence-electron chi connectivity index (χ3n) is 15.6. The van der Waals surface area contributed by atoms with E-state index in [4.69, 9.17) is 5.73 Å². The first-order valence-electron chi connectivity index (χ1n) is 24.4. The van der Waals surface area contributed by atoms with Crippen LogP contribution >= 0.6 is 0 Å². The molecule has 0 aromatic carbocycles. The highest BCUT2D eigenvalue weighted by Gasteiger charge is 2.70. The average molecular weight is 802 g/mol. The quantitative estimate of drug-likeness (QED) is 0.0849. The van der Waals surface area contributed by atoms with Crippen LogP contribution in [0.1, 0.15) is 187 Å². The molecule has 8 unspecified atom stereocenters. The third kappa shape index (κ3) is 11.8. The zero-order valence-corrected chi connectivity index (χ0v) is 42.1. The van der Waals surface area contributed by atoms with Crippen molar-refractivity contribution in [3.8, 4) is 0 Å². The van der Waals surface area contributed by atoms with E-state index in [9.17, 15) is 4.80 Å². The Hall–Kier alpha value is 0.314. The van der Waals surface area contributed by atoms with E-state index in [2.05, 4.69) is 109 Å². The van der Waals surface area contributed by atoms with E-state index < -0.39 is 16.4 Å². The van der Waals surface area contributed by atoms with Gasteiger partial charge in [0.2, 0.25) is 0 Å². The van der Waals surface area contributed by atoms with E-state index in [-0.39, 0.29) is 10.5 Å². The summed E-state index contributed by atoms with van der Waals surface area (Å²) < 4.78 is 0. The molecule has 2 saturated heterocycles. The predicted octanol–water partition coefficient (Wildman–Crippen LogP) is 14.3. The highest BCUT2D eigenvalue weighted by Crippen LogP contribution is 2.78. The monoisotopic (exact) mass is 801 g/mol. The summed E-state index contributed by atoms with van der Waals surface area (Å²) in [4.78, 5) is 14.6. The maximum Gasteiger partial charge on any atom is 0.195 e. The minimum absolute atomic E-state index is 0.0886. The molecule has 4 rings (SSSR count). The van der Waals surface area contributed by atoms with Gasteiger partial charge in [-0.05, 0) is 182 Å². The first kappa shape index (κ1) is 48.0. The molecular formula is C50H100N2OSi2. The summed E-state index contributed by atoms with van der Waals surface area (Å²) in [6, 6.07) is 6.81. The van der Waals surface area contributed by atoms with Gasteiger partial charge >= 0.3 is 0 Å². The summed E-state index contributed by atoms with van der Waals surface area (Å²) in [6.07, 6.45) is 19.3. The second kappa shape index (κ2) is 18.1. The van der Waals surface area contributed by atoms with Crippen LogP contribution in [0.2, 0.25) is 41.8 Å². The minimum Gasteiger partial charge on any atom is -0.431 e. The van der Waals surface area contributed by atoms with E-state index in [0.29, 0.717) is 57.2 Å². The standard InChI is InChI=1S/C50H100N2OSi2/c1-38(2)21-45-28-46(22-39(3)4)31-48(24-41(7)8)32-47(29-45,23-40(5)6)35-54(15,20-16-18-52-19-17-51)36-49(30-45,25-42(9)10)34-50(33-46,26-43(11)12)55(53,37-48)27-44(13)14/h38-44,52-53H,16-37,51H2,1-15H3. The minimum atomic E-state index is -2.84. The molecule has 0 aromatic rings. The third-order valence-corrected chi connectivity index (χ3v) is 25.8. The van der Waals surface area contributed by atoms with Crippen LogP contribution in [0.4, 0.5) is 0 Å². The van der Waals surface area contributed by atoms with Crippen LogP contribution in [-0.2, 0) is 0 Å². The summed E-state index contributed by atoms with van der Waals surface area (Å²) in [7, 11) is -4.61. The van der Waals surface area contributed by atoms with Gasteiger partial charge in [-0.3, -0.25) is 0 Å². The first-order valence-corrected chi connectivity index (χ1v) is 29.9. The number of fused-ring (bicyclic) bond motifs is 4. The molecule has 324 valence electrons. The Kier molecular flexibility index (Phi) is 15.8. The van der Waals surface area contributed by atoms with Crippen molar-refractivity contribution in [2.24, 2.45) is 74.2 Å². The molecule has 5 heteroatoms. The maximum atomic E-state index is 14.6. The largest absolute Gasteiger partial charge is 0.431 e. The van der Waals surface area contributed by atoms with E-state index in [0.717, 1.165) is 31.6 Å². The summed E-state index contributed by atoms with van der Waals surface area (Å²) in [5.74, 6) is 4.64. The number of nitrogens with one attached hydrogen (secondary N) is 1. The normalized spacial score (nSPS) is 39.5. The highest BCUT2D eigenvalue weighted by molar-refractivity contribution is 6.79. The van der Waals surface area contributed by atoms with Gasteiger partial charge in [-0.2, -0.15) is 0 Å². The predicted molar refractivity (Wildman–Crippen MR) is 249 cm³/mol. The number of rotatable bonds is 20. The lowest BCUT2D eigenvalue weighted by atomic mass is 9.44. The van der Waals surface area contributed by atoms with Gasteiger partial charge in [0, 0.05) is 13.1 Å². The van der Waals surface area contributed by atoms with Gasteiger partial charge in [0.25, 0.3) is 0 Å². The van der Waals surface area contributed by atoms with Gasteiger partial charge in [0.15, 0.2) is 8.32 Å². The Morgan fingerprint density at radius 3 is 1.29 bits per heavy atom. The molecule has 4 aliphatic rings. The van der Waals surface area contributed by atoms with Crippen molar-refractivity contribution in [3.05, 3.63) is 0 Å². The molecule has 0 radical (unpaired) electrons. The van der Waals surface area contributed by atoms with Crippen LogP contribution < -0.4 is 11.1 Å². The molecule has 2 heterocycles. The van der Waals surface area contributed by atoms with Crippen molar-refractivity contribution in [1.82, 2.24) is 5.32 Å². The van der Waals surface area contributed by atoms with Gasteiger partial charge in [-0.1, -0.05) is 122 Å². The lowest BCUT2D eigenvalue weighted by Crippen LogP contribution is -2.58. The van der Waals surface area contributed by atoms with Crippen molar-refractivity contribution in [2.45, 2.75) is 229 Å². The molecule has 55 heavy (non-hydrogen) atoms. The molecule has 4 N–H and O–H groups in total. The van der Waals surface area contributed by atoms with Crippen molar-refractivity contribution in [2.75, 3.05) is 19.6 Å². The van der Waals surface area contributed by atoms with Crippen LogP contribution in [0.5, 0.6) is 0 Å². The zero-order chi connectivity index (χ0) is 41.3. The molecule has 2 aliphatic carbocycles. The molecular weight excluding hydrogens is 701 g/mol. The van der Waals surface area contributed by atoms with Gasteiger partial charge in [-0.25, -0.2) is 0 Å². The van der Waals surface area contributed by atoms with Crippen LogP contribution in [0.3, 0.4) is 0 Å². The van der Waals surface area contributed by atoms with Crippen LogP contribution in [-0.4, -0.2) is 40.8 Å². The second-order valence-corrected chi connectivity index (χ2v) is 34.9. The van der Waals surface area contributed by atoms with Crippen LogP contribution in [0.15, 0.2) is 0 Å². The highest BCUT2D eigenvalue weighted by atomic mass is 28.4. The lowest BCUT2D eigenvalue weighted by Gasteiger charge is -2.65. The SMILES string of the molecule is CC(C)CC12CC3(CC(C)C)CC4(CC(C)C)CC(CC(C)C)(C1)C[Si](C)(CCCNCCN)CC(CC(C)C)(C2)CC(CC(C)C)(C3)[Si](O)(CC(C)C)C4. The Bertz CT molecular complexity index is 1220. The van der Waals surface area contributed by atoms with Gasteiger partial charge in [0.1, 0.15) is 0 Å². The van der Waals surface area contributed by atoms with Crippen LogP contribution in [0.25, 0.3) is 0 Å². The number of hydrogen-bond donors (Lipinski definition) is 3. The van der Waals surface area contributed by atoms with Gasteiger partial charge in [0.05, 0.1) is 8.07 Å². The van der Waals surface area contributed by atoms with Crippen molar-refractivity contribution in [3.63, 3.8) is 0 Å². The molecule has 4 fully saturated rings. The summed E-state index contributed by atoms with van der Waals surface area (Å²) in [5, 5.41) is 3.82. The van der Waals surface area contributed by atoms with Crippen molar-refractivity contribution < 1.29 is 4.80 Å². The molecule has 6 bridgehead atoms. The Balaban J connectivity index is 2.22. The summed E-state index contributed by atoms with van der Waals surface area (Å²) in [6.45, 7) is 41.5. The van der Waals surface area contributed by atoms with E-state index in [1.807, 2.05) is 0 Å². The molecule has 3 nitrogen and oxygen atoms in total. The molecule has 2 saturated carbocycles. The maximum absolute atomic E-state index is 14.6. The molecule has 0 spiro atoms. The smallest absolute Gasteiger partial charge is 0.195 e. The zero-order valence-electron chi connectivity index (χ0n) is 40.1. The fraction of sp³-hybridized carbons (Fsp3) is 1.00. The van der Waals surface area contributed by atoms with Crippen molar-refractivity contribution >= 4 is 16.4 Å². The number of hydrogen-bond acceptors (Lipinski definition) is 3. The van der Waals surface area contributed by atoms with E-state index in [1.165, 1.54) is 114 Å². The Labute approximate surface area is 347 Å². The topological polar surface area (TPSA) is 58.3 Å². The molecule has 2 aliphatic heterocycles. The van der Waals surface area contributed by atoms with Crippen molar-refractivity contribution in [1.29, 1.82) is 0 Å². The average Bonchev–Trinajstić information content (AvgIpc) is 2.98. The Morgan fingerprint density at radius 2 is 0.855 bits per heavy atom. The van der Waals surface area contributed by atoms with Gasteiger partial charge in [-0.15, -0.1) is 0 Å². The Morgan fingerprint density at radius 1 is 0.491 bits per heavy atom. The molecule has 0 aromatic heterocycles. The van der Waals surface area contributed by atoms with E-state index in [1.54, 1.807) is 0 Å². The number of nitrogens with two attached hydrogens (primary N) is 1. The second-order valence-electron chi connectivity index (χ2n) is 26.2. The fourth-order valence-corrected chi connectivity index (χ4v) is 30.0. The van der Waals surface area contributed by atoms with Gasteiger partial charge < -0.3 is 15.8 Å². The fourth-order valence-electron chi connectivity index (χ4n) is 18.0. The first-order chi connectivity index (χ1) is 25.3. The molecule has 0 amide bonds. The van der Waals surface area contributed by atoms with E-state index >= 15 is 0 Å². The summed E-state index contributed by atoms with van der Waals surface area (Å²) >= 11 is 0. The van der Waals surface area contributed by atoms with Crippen LogP contribution in [0, 0.1) is 68.5 Å². The molecule has 8 atom stereocenters.